The van der Waals surface area contributed by atoms with Crippen molar-refractivity contribution < 1.29 is 22.8 Å². The Balaban J connectivity index is 2.52. The van der Waals surface area contributed by atoms with Crippen LogP contribution in [0.2, 0.25) is 0 Å². The van der Waals surface area contributed by atoms with Gasteiger partial charge in [0, 0.05) is 11.7 Å². The number of sulfone groups is 1. The SMILES string of the molecule is COC(=O)C12ON=C(C(C)(C)C)C1CCC2S(C)(=O)=O. The van der Waals surface area contributed by atoms with Crippen LogP contribution in [-0.4, -0.2) is 44.3 Å². The monoisotopic (exact) mass is 303 g/mol. The maximum Gasteiger partial charge on any atom is 0.355 e. The van der Waals surface area contributed by atoms with Gasteiger partial charge in [-0.2, -0.15) is 0 Å². The number of hydrogen-bond acceptors (Lipinski definition) is 6. The lowest BCUT2D eigenvalue weighted by Crippen LogP contribution is -2.54. The summed E-state index contributed by atoms with van der Waals surface area (Å²) in [5.41, 5.74) is -1.06. The summed E-state index contributed by atoms with van der Waals surface area (Å²) in [6, 6.07) is 0. The molecule has 2 rings (SSSR count). The minimum Gasteiger partial charge on any atom is -0.466 e. The van der Waals surface area contributed by atoms with Crippen LogP contribution in [-0.2, 0) is 24.2 Å². The number of hydrogen-bond donors (Lipinski definition) is 0. The molecule has 3 unspecified atom stereocenters. The zero-order valence-corrected chi connectivity index (χ0v) is 13.3. The third-order valence-corrected chi connectivity index (χ3v) is 5.75. The second-order valence-corrected chi connectivity index (χ2v) is 8.78. The van der Waals surface area contributed by atoms with Gasteiger partial charge in [0.2, 0.25) is 0 Å². The van der Waals surface area contributed by atoms with Gasteiger partial charge in [-0.3, -0.25) is 0 Å². The van der Waals surface area contributed by atoms with Crippen LogP contribution in [0.1, 0.15) is 33.6 Å². The summed E-state index contributed by atoms with van der Waals surface area (Å²) in [6.45, 7) is 5.91. The molecule has 2 aliphatic rings. The molecule has 1 aliphatic heterocycles. The fraction of sp³-hybridized carbons (Fsp3) is 0.846. The highest BCUT2D eigenvalue weighted by molar-refractivity contribution is 7.91. The molecular weight excluding hydrogens is 282 g/mol. The van der Waals surface area contributed by atoms with Gasteiger partial charge in [0.05, 0.1) is 18.7 Å². The molecule has 20 heavy (non-hydrogen) atoms. The van der Waals surface area contributed by atoms with Gasteiger partial charge in [0.1, 0.15) is 5.25 Å². The minimum absolute atomic E-state index is 0.285. The first-order valence-corrected chi connectivity index (χ1v) is 8.54. The smallest absolute Gasteiger partial charge is 0.355 e. The van der Waals surface area contributed by atoms with E-state index in [-0.39, 0.29) is 11.3 Å². The highest BCUT2D eigenvalue weighted by atomic mass is 32.2. The van der Waals surface area contributed by atoms with Gasteiger partial charge in [0.15, 0.2) is 9.84 Å². The van der Waals surface area contributed by atoms with Crippen LogP contribution in [0.5, 0.6) is 0 Å². The van der Waals surface area contributed by atoms with E-state index >= 15 is 0 Å². The van der Waals surface area contributed by atoms with Crippen molar-refractivity contribution >= 4 is 21.5 Å². The molecule has 0 aromatic heterocycles. The number of fused-ring (bicyclic) bond motifs is 1. The van der Waals surface area contributed by atoms with E-state index in [0.717, 1.165) is 12.0 Å². The molecule has 0 aromatic carbocycles. The van der Waals surface area contributed by atoms with Crippen LogP contribution in [0.4, 0.5) is 0 Å². The van der Waals surface area contributed by atoms with Crippen LogP contribution in [0, 0.1) is 11.3 Å². The molecular formula is C13H21NO5S. The molecule has 1 heterocycles. The highest BCUT2D eigenvalue weighted by Gasteiger charge is 2.68. The number of nitrogens with zero attached hydrogens (tertiary/aromatic N) is 1. The van der Waals surface area contributed by atoms with Crippen molar-refractivity contribution in [2.45, 2.75) is 44.5 Å². The molecule has 6 nitrogen and oxygen atoms in total. The zero-order valence-electron chi connectivity index (χ0n) is 12.5. The van der Waals surface area contributed by atoms with Gasteiger partial charge in [0.25, 0.3) is 5.60 Å². The summed E-state index contributed by atoms with van der Waals surface area (Å²) < 4.78 is 28.9. The number of methoxy groups -OCH3 is 1. The van der Waals surface area contributed by atoms with Crippen molar-refractivity contribution in [1.82, 2.24) is 0 Å². The number of carbonyl (C=O) groups is 1. The average Bonchev–Trinajstić information content (AvgIpc) is 2.81. The largest absolute Gasteiger partial charge is 0.466 e. The maximum atomic E-state index is 12.3. The van der Waals surface area contributed by atoms with Crippen molar-refractivity contribution in [1.29, 1.82) is 0 Å². The molecule has 1 aliphatic carbocycles. The van der Waals surface area contributed by atoms with Crippen LogP contribution in [0.25, 0.3) is 0 Å². The van der Waals surface area contributed by atoms with Crippen molar-refractivity contribution in [2.24, 2.45) is 16.5 Å². The first kappa shape index (κ1) is 15.3. The second-order valence-electron chi connectivity index (χ2n) is 6.55. The molecule has 0 saturated heterocycles. The van der Waals surface area contributed by atoms with Crippen molar-refractivity contribution in [3.63, 3.8) is 0 Å². The highest BCUT2D eigenvalue weighted by Crippen LogP contribution is 2.50. The summed E-state index contributed by atoms with van der Waals surface area (Å²) in [6.07, 6.45) is 2.07. The quantitative estimate of drug-likeness (QED) is 0.715. The van der Waals surface area contributed by atoms with Crippen LogP contribution < -0.4 is 0 Å². The summed E-state index contributed by atoms with van der Waals surface area (Å²) >= 11 is 0. The van der Waals surface area contributed by atoms with Crippen LogP contribution >= 0.6 is 0 Å². The first-order valence-electron chi connectivity index (χ1n) is 6.59. The van der Waals surface area contributed by atoms with E-state index < -0.39 is 26.7 Å². The number of ether oxygens (including phenoxy) is 1. The molecule has 1 fully saturated rings. The summed E-state index contributed by atoms with van der Waals surface area (Å²) in [7, 11) is -2.20. The molecule has 1 saturated carbocycles. The Labute approximate surface area is 119 Å². The lowest BCUT2D eigenvalue weighted by Gasteiger charge is -2.30. The lowest BCUT2D eigenvalue weighted by molar-refractivity contribution is -0.168. The van der Waals surface area contributed by atoms with Crippen LogP contribution in [0.3, 0.4) is 0 Å². The van der Waals surface area contributed by atoms with E-state index in [0.29, 0.717) is 12.8 Å². The standard InChI is InChI=1S/C13H21NO5S/c1-12(2,3)10-8-6-7-9(20(5,16)17)13(8,19-14-10)11(15)18-4/h8-9H,6-7H2,1-5H3. The number of esters is 1. The van der Waals surface area contributed by atoms with Gasteiger partial charge in [-0.15, -0.1) is 0 Å². The number of oxime groups is 1. The number of rotatable bonds is 2. The van der Waals surface area contributed by atoms with E-state index in [1.165, 1.54) is 7.11 Å². The van der Waals surface area contributed by atoms with E-state index in [9.17, 15) is 13.2 Å². The lowest BCUT2D eigenvalue weighted by atomic mass is 9.76. The molecule has 0 radical (unpaired) electrons. The third-order valence-electron chi connectivity index (χ3n) is 4.13. The first-order chi connectivity index (χ1) is 9.05. The maximum absolute atomic E-state index is 12.3. The topological polar surface area (TPSA) is 82.0 Å². The van der Waals surface area contributed by atoms with Gasteiger partial charge in [-0.1, -0.05) is 25.9 Å². The zero-order chi connectivity index (χ0) is 15.3. The average molecular weight is 303 g/mol. The predicted octanol–water partition coefficient (Wildman–Crippen LogP) is 1.15. The Morgan fingerprint density at radius 2 is 2.00 bits per heavy atom. The molecule has 0 amide bonds. The van der Waals surface area contributed by atoms with Crippen molar-refractivity contribution in [2.75, 3.05) is 13.4 Å². The molecule has 0 spiro atoms. The van der Waals surface area contributed by atoms with E-state index in [2.05, 4.69) is 5.16 Å². The molecule has 114 valence electrons. The van der Waals surface area contributed by atoms with E-state index in [1.807, 2.05) is 20.8 Å². The molecule has 0 N–H and O–H groups in total. The van der Waals surface area contributed by atoms with Gasteiger partial charge < -0.3 is 9.57 Å². The Bertz CT molecular complexity index is 560. The fourth-order valence-electron chi connectivity index (χ4n) is 3.28. The predicted molar refractivity (Wildman–Crippen MR) is 74.1 cm³/mol. The van der Waals surface area contributed by atoms with E-state index in [4.69, 9.17) is 9.57 Å². The second kappa shape index (κ2) is 4.44. The van der Waals surface area contributed by atoms with Gasteiger partial charge in [-0.05, 0) is 12.8 Å². The normalized spacial score (nSPS) is 33.4. The van der Waals surface area contributed by atoms with E-state index in [1.54, 1.807) is 0 Å². The Kier molecular flexibility index (Phi) is 3.40. The van der Waals surface area contributed by atoms with Crippen LogP contribution in [0.15, 0.2) is 5.16 Å². The summed E-state index contributed by atoms with van der Waals surface area (Å²) in [5, 5.41) is 3.14. The third kappa shape index (κ3) is 2.03. The number of carbonyl (C=O) groups excluding carboxylic acids is 1. The molecule has 7 heteroatoms. The Morgan fingerprint density at radius 1 is 1.40 bits per heavy atom. The van der Waals surface area contributed by atoms with Gasteiger partial charge in [-0.25, -0.2) is 13.2 Å². The minimum atomic E-state index is -3.44. The molecule has 0 aromatic rings. The summed E-state index contributed by atoms with van der Waals surface area (Å²) in [4.78, 5) is 17.7. The van der Waals surface area contributed by atoms with Crippen molar-refractivity contribution in [3.8, 4) is 0 Å². The van der Waals surface area contributed by atoms with Gasteiger partial charge >= 0.3 is 5.97 Å². The molecule has 3 atom stereocenters. The summed E-state index contributed by atoms with van der Waals surface area (Å²) in [5.74, 6) is -0.992. The Hall–Kier alpha value is -1.11. The molecule has 0 bridgehead atoms. The van der Waals surface area contributed by atoms with Crippen molar-refractivity contribution in [3.05, 3.63) is 0 Å². The fourth-order valence-corrected chi connectivity index (χ4v) is 4.79. The Morgan fingerprint density at radius 3 is 2.45 bits per heavy atom.